The lowest BCUT2D eigenvalue weighted by atomic mass is 9.98. The normalized spacial score (nSPS) is 17.7. The number of carbonyl (C=O) groups excluding carboxylic acids is 2. The number of benzene rings is 1. The van der Waals surface area contributed by atoms with Crippen molar-refractivity contribution in [3.8, 4) is 6.07 Å². The number of likely N-dealkylation sites (tertiary alicyclic amines) is 1. The molecule has 1 saturated heterocycles. The molecule has 1 aromatic rings. The van der Waals surface area contributed by atoms with E-state index in [1.54, 1.807) is 23.1 Å². The minimum Gasteiger partial charge on any atom is -0.450 e. The summed E-state index contributed by atoms with van der Waals surface area (Å²) in [5, 5.41) is 11.2. The fourth-order valence-electron chi connectivity index (χ4n) is 2.30. The van der Waals surface area contributed by atoms with Crippen LogP contribution in [0.4, 0.5) is 10.5 Å². The van der Waals surface area contributed by atoms with E-state index in [0.29, 0.717) is 19.5 Å². The Hall–Kier alpha value is -2.55. The third kappa shape index (κ3) is 4.21. The SMILES string of the molecule is N#CCOC(=O)[C@@H]1CCCN(C(=O)Nc2ccccc2)C1. The number of urea groups is 1. The van der Waals surface area contributed by atoms with Crippen LogP contribution < -0.4 is 5.32 Å². The summed E-state index contributed by atoms with van der Waals surface area (Å²) >= 11 is 0. The Morgan fingerprint density at radius 2 is 2.14 bits per heavy atom. The lowest BCUT2D eigenvalue weighted by Crippen LogP contribution is -2.44. The summed E-state index contributed by atoms with van der Waals surface area (Å²) < 4.78 is 4.82. The molecule has 1 atom stereocenters. The Morgan fingerprint density at radius 3 is 2.86 bits per heavy atom. The van der Waals surface area contributed by atoms with Crippen molar-refractivity contribution in [3.05, 3.63) is 30.3 Å². The molecule has 1 aliphatic heterocycles. The van der Waals surface area contributed by atoms with E-state index < -0.39 is 5.97 Å². The van der Waals surface area contributed by atoms with E-state index in [2.05, 4.69) is 5.32 Å². The highest BCUT2D eigenvalue weighted by Gasteiger charge is 2.29. The highest BCUT2D eigenvalue weighted by Crippen LogP contribution is 2.19. The van der Waals surface area contributed by atoms with Crippen LogP contribution in [0.2, 0.25) is 0 Å². The quantitative estimate of drug-likeness (QED) is 0.862. The molecule has 2 rings (SSSR count). The van der Waals surface area contributed by atoms with Gasteiger partial charge in [0.2, 0.25) is 0 Å². The Labute approximate surface area is 123 Å². The molecular formula is C15H17N3O3. The zero-order valence-corrected chi connectivity index (χ0v) is 11.6. The van der Waals surface area contributed by atoms with Crippen molar-refractivity contribution in [1.29, 1.82) is 5.26 Å². The van der Waals surface area contributed by atoms with Gasteiger partial charge in [-0.1, -0.05) is 18.2 Å². The van der Waals surface area contributed by atoms with Crippen molar-refractivity contribution >= 4 is 17.7 Å². The number of hydrogen-bond acceptors (Lipinski definition) is 4. The number of esters is 1. The molecule has 0 saturated carbocycles. The second-order valence-corrected chi connectivity index (χ2v) is 4.85. The van der Waals surface area contributed by atoms with Crippen molar-refractivity contribution in [2.45, 2.75) is 12.8 Å². The first-order valence-corrected chi connectivity index (χ1v) is 6.85. The van der Waals surface area contributed by atoms with Gasteiger partial charge in [-0.3, -0.25) is 4.79 Å². The van der Waals surface area contributed by atoms with Crippen molar-refractivity contribution in [3.63, 3.8) is 0 Å². The van der Waals surface area contributed by atoms with Gasteiger partial charge in [0.1, 0.15) is 6.07 Å². The molecular weight excluding hydrogens is 270 g/mol. The number of nitrogens with zero attached hydrogens (tertiary/aromatic N) is 2. The number of anilines is 1. The van der Waals surface area contributed by atoms with Crippen LogP contribution in [-0.2, 0) is 9.53 Å². The summed E-state index contributed by atoms with van der Waals surface area (Å²) in [4.78, 5) is 25.5. The standard InChI is InChI=1S/C15H17N3O3/c16-8-10-21-14(19)12-5-4-9-18(11-12)15(20)17-13-6-2-1-3-7-13/h1-3,6-7,12H,4-5,9-11H2,(H,17,20)/t12-/m1/s1. The maximum Gasteiger partial charge on any atom is 0.321 e. The maximum atomic E-state index is 12.2. The van der Waals surface area contributed by atoms with Gasteiger partial charge in [0, 0.05) is 18.8 Å². The summed E-state index contributed by atoms with van der Waals surface area (Å²) in [6.45, 7) is 0.690. The molecule has 0 aromatic heterocycles. The van der Waals surface area contributed by atoms with Crippen LogP contribution in [0.15, 0.2) is 30.3 Å². The van der Waals surface area contributed by atoms with Crippen LogP contribution in [0.3, 0.4) is 0 Å². The van der Waals surface area contributed by atoms with Crippen LogP contribution in [0.25, 0.3) is 0 Å². The van der Waals surface area contributed by atoms with Crippen molar-refractivity contribution < 1.29 is 14.3 Å². The molecule has 1 heterocycles. The summed E-state index contributed by atoms with van der Waals surface area (Å²) in [6.07, 6.45) is 1.42. The average Bonchev–Trinajstić information content (AvgIpc) is 2.53. The van der Waals surface area contributed by atoms with E-state index in [0.717, 1.165) is 12.1 Å². The lowest BCUT2D eigenvalue weighted by molar-refractivity contribution is -0.148. The van der Waals surface area contributed by atoms with E-state index in [1.807, 2.05) is 18.2 Å². The summed E-state index contributed by atoms with van der Waals surface area (Å²) in [6, 6.07) is 10.7. The van der Waals surface area contributed by atoms with E-state index in [-0.39, 0.29) is 18.6 Å². The van der Waals surface area contributed by atoms with Gasteiger partial charge in [-0.05, 0) is 25.0 Å². The molecule has 1 N–H and O–H groups in total. The van der Waals surface area contributed by atoms with Gasteiger partial charge in [0.15, 0.2) is 6.61 Å². The number of nitrogens with one attached hydrogen (secondary N) is 1. The monoisotopic (exact) mass is 287 g/mol. The van der Waals surface area contributed by atoms with Gasteiger partial charge in [-0.25, -0.2) is 4.79 Å². The van der Waals surface area contributed by atoms with Crippen LogP contribution in [0.1, 0.15) is 12.8 Å². The zero-order valence-electron chi connectivity index (χ0n) is 11.6. The molecule has 0 unspecified atom stereocenters. The molecule has 0 radical (unpaired) electrons. The number of ether oxygens (including phenoxy) is 1. The summed E-state index contributed by atoms with van der Waals surface area (Å²) in [7, 11) is 0. The molecule has 0 bridgehead atoms. The van der Waals surface area contributed by atoms with E-state index in [1.165, 1.54) is 0 Å². The predicted molar refractivity (Wildman–Crippen MR) is 76.3 cm³/mol. The average molecular weight is 287 g/mol. The minimum absolute atomic E-state index is 0.223. The molecule has 0 spiro atoms. The Balaban J connectivity index is 1.90. The minimum atomic E-state index is -0.409. The summed E-state index contributed by atoms with van der Waals surface area (Å²) in [5.74, 6) is -0.762. The van der Waals surface area contributed by atoms with Crippen LogP contribution >= 0.6 is 0 Å². The van der Waals surface area contributed by atoms with Gasteiger partial charge < -0.3 is 15.0 Å². The molecule has 110 valence electrons. The van der Waals surface area contributed by atoms with Gasteiger partial charge in [-0.15, -0.1) is 0 Å². The lowest BCUT2D eigenvalue weighted by Gasteiger charge is -2.31. The van der Waals surface area contributed by atoms with E-state index >= 15 is 0 Å². The number of para-hydroxylation sites is 1. The molecule has 21 heavy (non-hydrogen) atoms. The van der Waals surface area contributed by atoms with Gasteiger partial charge in [0.05, 0.1) is 5.92 Å². The van der Waals surface area contributed by atoms with Crippen molar-refractivity contribution in [1.82, 2.24) is 4.90 Å². The molecule has 0 aliphatic carbocycles. The Kier molecular flexibility index (Phi) is 5.16. The number of amides is 2. The highest BCUT2D eigenvalue weighted by molar-refractivity contribution is 5.89. The molecule has 1 aromatic carbocycles. The van der Waals surface area contributed by atoms with Crippen molar-refractivity contribution in [2.75, 3.05) is 25.0 Å². The number of rotatable bonds is 3. The van der Waals surface area contributed by atoms with Crippen LogP contribution in [-0.4, -0.2) is 36.6 Å². The van der Waals surface area contributed by atoms with E-state index in [9.17, 15) is 9.59 Å². The molecule has 6 nitrogen and oxygen atoms in total. The number of piperidine rings is 1. The molecule has 2 amide bonds. The first-order chi connectivity index (χ1) is 10.2. The Morgan fingerprint density at radius 1 is 1.38 bits per heavy atom. The number of carbonyl (C=O) groups is 2. The van der Waals surface area contributed by atoms with Crippen LogP contribution in [0.5, 0.6) is 0 Å². The second-order valence-electron chi connectivity index (χ2n) is 4.85. The maximum absolute atomic E-state index is 12.2. The fourth-order valence-corrected chi connectivity index (χ4v) is 2.30. The first kappa shape index (κ1) is 14.9. The number of nitriles is 1. The van der Waals surface area contributed by atoms with E-state index in [4.69, 9.17) is 10.00 Å². The molecule has 6 heteroatoms. The largest absolute Gasteiger partial charge is 0.450 e. The molecule has 1 fully saturated rings. The third-order valence-corrected chi connectivity index (χ3v) is 3.35. The van der Waals surface area contributed by atoms with Crippen LogP contribution in [0, 0.1) is 17.2 Å². The van der Waals surface area contributed by atoms with Gasteiger partial charge >= 0.3 is 12.0 Å². The fraction of sp³-hybridized carbons (Fsp3) is 0.400. The molecule has 1 aliphatic rings. The third-order valence-electron chi connectivity index (χ3n) is 3.35. The first-order valence-electron chi connectivity index (χ1n) is 6.85. The Bertz CT molecular complexity index is 539. The second kappa shape index (κ2) is 7.29. The number of hydrogen-bond donors (Lipinski definition) is 1. The van der Waals surface area contributed by atoms with Crippen molar-refractivity contribution in [2.24, 2.45) is 5.92 Å². The predicted octanol–water partition coefficient (Wildman–Crippen LogP) is 2.00. The smallest absolute Gasteiger partial charge is 0.321 e. The topological polar surface area (TPSA) is 82.4 Å². The highest BCUT2D eigenvalue weighted by atomic mass is 16.5. The summed E-state index contributed by atoms with van der Waals surface area (Å²) in [5.41, 5.74) is 0.719. The van der Waals surface area contributed by atoms with Gasteiger partial charge in [-0.2, -0.15) is 5.26 Å². The zero-order chi connectivity index (χ0) is 15.1. The van der Waals surface area contributed by atoms with Gasteiger partial charge in [0.25, 0.3) is 0 Å².